The van der Waals surface area contributed by atoms with E-state index in [9.17, 15) is 19.8 Å². The summed E-state index contributed by atoms with van der Waals surface area (Å²) in [5.41, 5.74) is -0.170. The van der Waals surface area contributed by atoms with Crippen LogP contribution < -0.4 is 10.1 Å². The average Bonchev–Trinajstić information content (AvgIpc) is 2.30. The first-order chi connectivity index (χ1) is 9.65. The minimum atomic E-state index is -0.906. The van der Waals surface area contributed by atoms with Gasteiger partial charge < -0.3 is 25.0 Å². The van der Waals surface area contributed by atoms with Crippen molar-refractivity contribution in [1.29, 1.82) is 0 Å². The van der Waals surface area contributed by atoms with Crippen LogP contribution in [0.1, 0.15) is 26.3 Å². The summed E-state index contributed by atoms with van der Waals surface area (Å²) in [6.07, 6.45) is -0.586. The van der Waals surface area contributed by atoms with E-state index >= 15 is 0 Å². The summed E-state index contributed by atoms with van der Waals surface area (Å²) in [5, 5.41) is 21.2. The molecule has 1 aliphatic heterocycles. The number of phenols is 2. The van der Waals surface area contributed by atoms with Gasteiger partial charge in [-0.25, -0.2) is 9.59 Å². The van der Waals surface area contributed by atoms with E-state index in [1.807, 2.05) is 0 Å². The first-order valence-corrected chi connectivity index (χ1v) is 6.42. The average molecular weight is 295 g/mol. The second kappa shape index (κ2) is 5.16. The number of amides is 1. The van der Waals surface area contributed by atoms with E-state index in [0.717, 1.165) is 6.07 Å². The number of phenolic OH excluding ortho intramolecular Hbond substituents is 2. The Morgan fingerprint density at radius 3 is 2.57 bits per heavy atom. The molecule has 7 heteroatoms. The number of carbonyl (C=O) groups excluding carboxylic acids is 2. The number of esters is 1. The fourth-order valence-corrected chi connectivity index (χ4v) is 1.90. The van der Waals surface area contributed by atoms with Crippen LogP contribution in [0.25, 0.3) is 0 Å². The van der Waals surface area contributed by atoms with Crippen molar-refractivity contribution >= 4 is 12.1 Å². The molecule has 0 radical (unpaired) electrons. The largest absolute Gasteiger partial charge is 0.504 e. The Labute approximate surface area is 121 Å². The molecule has 0 saturated carbocycles. The molecule has 1 amide bonds. The number of alkyl carbamates (subject to hydrolysis) is 1. The summed E-state index contributed by atoms with van der Waals surface area (Å²) >= 11 is 0. The number of benzene rings is 1. The number of hydrogen-bond acceptors (Lipinski definition) is 6. The maximum atomic E-state index is 11.8. The van der Waals surface area contributed by atoms with Crippen molar-refractivity contribution < 1.29 is 29.3 Å². The predicted octanol–water partition coefficient (Wildman–Crippen LogP) is 1.45. The van der Waals surface area contributed by atoms with Crippen molar-refractivity contribution in [2.24, 2.45) is 0 Å². The molecule has 0 unspecified atom stereocenters. The first-order valence-electron chi connectivity index (χ1n) is 6.42. The number of aromatic hydroxyl groups is 2. The van der Waals surface area contributed by atoms with Crippen LogP contribution in [-0.4, -0.2) is 33.9 Å². The van der Waals surface area contributed by atoms with Crippen LogP contribution in [0.2, 0.25) is 0 Å². The molecule has 7 nitrogen and oxygen atoms in total. The van der Waals surface area contributed by atoms with Crippen molar-refractivity contribution in [3.05, 3.63) is 17.7 Å². The Bertz CT molecular complexity index is 590. The number of carbonyl (C=O) groups is 2. The van der Waals surface area contributed by atoms with Gasteiger partial charge in [-0.05, 0) is 26.8 Å². The van der Waals surface area contributed by atoms with Crippen molar-refractivity contribution in [3.63, 3.8) is 0 Å². The number of nitrogens with one attached hydrogen (secondary N) is 1. The van der Waals surface area contributed by atoms with Gasteiger partial charge in [0.05, 0.1) is 0 Å². The van der Waals surface area contributed by atoms with Crippen LogP contribution in [0, 0.1) is 0 Å². The lowest BCUT2D eigenvalue weighted by Crippen LogP contribution is -2.48. The second-order valence-electron chi connectivity index (χ2n) is 5.77. The first kappa shape index (κ1) is 15.0. The lowest BCUT2D eigenvalue weighted by atomic mass is 10.0. The van der Waals surface area contributed by atoms with Gasteiger partial charge in [-0.2, -0.15) is 0 Å². The van der Waals surface area contributed by atoms with E-state index in [4.69, 9.17) is 9.47 Å². The normalized spacial score (nSPS) is 17.7. The zero-order chi connectivity index (χ0) is 15.8. The quantitative estimate of drug-likeness (QED) is 0.411. The molecule has 0 bridgehead atoms. The fraction of sp³-hybridized carbons (Fsp3) is 0.429. The van der Waals surface area contributed by atoms with Crippen molar-refractivity contribution in [2.75, 3.05) is 0 Å². The Morgan fingerprint density at radius 1 is 1.33 bits per heavy atom. The Kier molecular flexibility index (Phi) is 3.67. The van der Waals surface area contributed by atoms with Crippen molar-refractivity contribution in [1.82, 2.24) is 5.32 Å². The molecular weight excluding hydrogens is 278 g/mol. The third-order valence-corrected chi connectivity index (χ3v) is 2.77. The highest BCUT2D eigenvalue weighted by Crippen LogP contribution is 2.35. The molecule has 0 spiro atoms. The minimum Gasteiger partial charge on any atom is -0.504 e. The number of fused-ring (bicyclic) bond motifs is 1. The summed E-state index contributed by atoms with van der Waals surface area (Å²) in [5.74, 6) is -1.18. The molecule has 2 rings (SSSR count). The molecule has 1 atom stereocenters. The van der Waals surface area contributed by atoms with Crippen LogP contribution in [-0.2, 0) is 16.0 Å². The molecular formula is C14H17NO6. The Morgan fingerprint density at radius 2 is 1.95 bits per heavy atom. The van der Waals surface area contributed by atoms with Crippen LogP contribution in [0.3, 0.4) is 0 Å². The van der Waals surface area contributed by atoms with E-state index in [0.29, 0.717) is 5.56 Å². The van der Waals surface area contributed by atoms with Gasteiger partial charge in [0.2, 0.25) is 0 Å². The van der Waals surface area contributed by atoms with Gasteiger partial charge >= 0.3 is 12.1 Å². The molecule has 21 heavy (non-hydrogen) atoms. The third kappa shape index (κ3) is 3.56. The summed E-state index contributed by atoms with van der Waals surface area (Å²) in [4.78, 5) is 23.5. The molecule has 1 aromatic carbocycles. The topological polar surface area (TPSA) is 105 Å². The highest BCUT2D eigenvalue weighted by molar-refractivity contribution is 5.85. The third-order valence-electron chi connectivity index (χ3n) is 2.77. The zero-order valence-electron chi connectivity index (χ0n) is 12.0. The number of hydrogen-bond donors (Lipinski definition) is 3. The molecule has 0 fully saturated rings. The SMILES string of the molecule is CC(C)(C)OC(=O)N[C@H]1Cc2cc(O)c(O)cc2OC1=O. The second-order valence-corrected chi connectivity index (χ2v) is 5.77. The van der Waals surface area contributed by atoms with Crippen LogP contribution in [0.15, 0.2) is 12.1 Å². The smallest absolute Gasteiger partial charge is 0.408 e. The lowest BCUT2D eigenvalue weighted by molar-refractivity contribution is -0.137. The maximum Gasteiger partial charge on any atom is 0.408 e. The molecule has 0 aliphatic carbocycles. The Balaban J connectivity index is 2.12. The van der Waals surface area contributed by atoms with Crippen LogP contribution in [0.5, 0.6) is 17.2 Å². The Hall–Kier alpha value is -2.44. The predicted molar refractivity (Wildman–Crippen MR) is 72.3 cm³/mol. The number of ether oxygens (including phenoxy) is 2. The molecule has 1 aromatic rings. The monoisotopic (exact) mass is 295 g/mol. The van der Waals surface area contributed by atoms with Gasteiger partial charge in [-0.1, -0.05) is 0 Å². The summed E-state index contributed by atoms with van der Waals surface area (Å²) in [6, 6.07) is 1.55. The van der Waals surface area contributed by atoms with Gasteiger partial charge in [-0.3, -0.25) is 0 Å². The van der Waals surface area contributed by atoms with Gasteiger partial charge in [-0.15, -0.1) is 0 Å². The van der Waals surface area contributed by atoms with Gasteiger partial charge in [0.15, 0.2) is 11.5 Å². The zero-order valence-corrected chi connectivity index (χ0v) is 12.0. The van der Waals surface area contributed by atoms with E-state index in [1.165, 1.54) is 6.07 Å². The molecule has 114 valence electrons. The van der Waals surface area contributed by atoms with Crippen molar-refractivity contribution in [3.8, 4) is 17.2 Å². The van der Waals surface area contributed by atoms with Crippen LogP contribution in [0.4, 0.5) is 4.79 Å². The summed E-state index contributed by atoms with van der Waals surface area (Å²) < 4.78 is 10.1. The van der Waals surface area contributed by atoms with Crippen molar-refractivity contribution in [2.45, 2.75) is 38.8 Å². The number of rotatable bonds is 1. The maximum absolute atomic E-state index is 11.8. The minimum absolute atomic E-state index is 0.140. The fourth-order valence-electron chi connectivity index (χ4n) is 1.90. The molecule has 1 aliphatic rings. The molecule has 0 aromatic heterocycles. The van der Waals surface area contributed by atoms with Gasteiger partial charge in [0, 0.05) is 18.1 Å². The lowest BCUT2D eigenvalue weighted by Gasteiger charge is -2.26. The highest BCUT2D eigenvalue weighted by atomic mass is 16.6. The molecule has 3 N–H and O–H groups in total. The van der Waals surface area contributed by atoms with E-state index < -0.39 is 23.7 Å². The van der Waals surface area contributed by atoms with E-state index in [1.54, 1.807) is 20.8 Å². The highest BCUT2D eigenvalue weighted by Gasteiger charge is 2.32. The van der Waals surface area contributed by atoms with Gasteiger partial charge in [0.1, 0.15) is 17.4 Å². The van der Waals surface area contributed by atoms with E-state index in [2.05, 4.69) is 5.32 Å². The standard InChI is InChI=1S/C14H17NO6/c1-14(2,3)21-13(19)15-8-4-7-5-9(16)10(17)6-11(7)20-12(8)18/h5-6,8,16-17H,4H2,1-3H3,(H,15,19)/t8-/m0/s1. The van der Waals surface area contributed by atoms with Gasteiger partial charge in [0.25, 0.3) is 0 Å². The summed E-state index contributed by atoms with van der Waals surface area (Å²) in [6.45, 7) is 5.13. The van der Waals surface area contributed by atoms with Crippen LogP contribution >= 0.6 is 0 Å². The van der Waals surface area contributed by atoms with E-state index in [-0.39, 0.29) is 23.7 Å². The summed E-state index contributed by atoms with van der Waals surface area (Å²) in [7, 11) is 0. The molecule has 0 saturated heterocycles. The molecule has 1 heterocycles.